The van der Waals surface area contributed by atoms with E-state index in [4.69, 9.17) is 9.15 Å². The molecule has 32 heavy (non-hydrogen) atoms. The highest BCUT2D eigenvalue weighted by Crippen LogP contribution is 2.29. The van der Waals surface area contributed by atoms with Gasteiger partial charge in [-0.15, -0.1) is 10.2 Å². The van der Waals surface area contributed by atoms with Gasteiger partial charge in [0.15, 0.2) is 10.9 Å². The zero-order valence-electron chi connectivity index (χ0n) is 18.0. The van der Waals surface area contributed by atoms with Gasteiger partial charge < -0.3 is 14.1 Å². The van der Waals surface area contributed by atoms with Crippen molar-refractivity contribution >= 4 is 17.7 Å². The molecule has 8 heteroatoms. The minimum atomic E-state index is 0.0136. The summed E-state index contributed by atoms with van der Waals surface area (Å²) in [7, 11) is 1.81. The van der Waals surface area contributed by atoms with Gasteiger partial charge in [0, 0.05) is 13.6 Å². The van der Waals surface area contributed by atoms with Crippen LogP contribution in [0.1, 0.15) is 12.5 Å². The number of amides is 1. The van der Waals surface area contributed by atoms with Crippen molar-refractivity contribution in [3.63, 3.8) is 0 Å². The summed E-state index contributed by atoms with van der Waals surface area (Å²) in [6.07, 6.45) is 1.60. The predicted octanol–water partition coefficient (Wildman–Crippen LogP) is 4.68. The molecule has 2 aromatic carbocycles. The molecular weight excluding hydrogens is 424 g/mol. The lowest BCUT2D eigenvalue weighted by molar-refractivity contribution is -0.127. The van der Waals surface area contributed by atoms with Gasteiger partial charge in [0.05, 0.1) is 24.3 Å². The summed E-state index contributed by atoms with van der Waals surface area (Å²) in [5.74, 6) is 2.23. The van der Waals surface area contributed by atoms with Crippen molar-refractivity contribution in [3.8, 4) is 23.0 Å². The number of nitrogens with zero attached hydrogens (tertiary/aromatic N) is 4. The monoisotopic (exact) mass is 448 g/mol. The number of benzene rings is 2. The Morgan fingerprint density at radius 2 is 1.84 bits per heavy atom. The van der Waals surface area contributed by atoms with E-state index in [2.05, 4.69) is 10.2 Å². The number of thioether (sulfide) groups is 1. The van der Waals surface area contributed by atoms with Gasteiger partial charge >= 0.3 is 0 Å². The van der Waals surface area contributed by atoms with E-state index in [0.717, 1.165) is 17.0 Å². The highest BCUT2D eigenvalue weighted by Gasteiger charge is 2.20. The summed E-state index contributed by atoms with van der Waals surface area (Å²) in [5, 5.41) is 9.28. The minimum Gasteiger partial charge on any atom is -0.494 e. The molecule has 164 valence electrons. The molecule has 0 saturated heterocycles. The van der Waals surface area contributed by atoms with Gasteiger partial charge in [0.25, 0.3) is 0 Å². The lowest BCUT2D eigenvalue weighted by Gasteiger charge is -2.17. The Labute approximate surface area is 191 Å². The van der Waals surface area contributed by atoms with Gasteiger partial charge in [-0.25, -0.2) is 0 Å². The van der Waals surface area contributed by atoms with Crippen LogP contribution in [0.25, 0.3) is 17.3 Å². The molecule has 0 aliphatic heterocycles. The fourth-order valence-electron chi connectivity index (χ4n) is 3.20. The highest BCUT2D eigenvalue weighted by molar-refractivity contribution is 7.99. The molecule has 0 spiro atoms. The van der Waals surface area contributed by atoms with Crippen LogP contribution in [0, 0.1) is 0 Å². The van der Waals surface area contributed by atoms with E-state index in [1.807, 2.05) is 72.2 Å². The van der Waals surface area contributed by atoms with Gasteiger partial charge in [-0.05, 0) is 48.9 Å². The second-order valence-corrected chi connectivity index (χ2v) is 8.01. The Bertz CT molecular complexity index is 1140. The van der Waals surface area contributed by atoms with Gasteiger partial charge in [-0.1, -0.05) is 42.1 Å². The number of hydrogen-bond donors (Lipinski definition) is 0. The van der Waals surface area contributed by atoms with E-state index >= 15 is 0 Å². The van der Waals surface area contributed by atoms with Crippen molar-refractivity contribution in [2.24, 2.45) is 0 Å². The summed E-state index contributed by atoms with van der Waals surface area (Å²) in [6, 6.07) is 21.2. The van der Waals surface area contributed by atoms with Crippen LogP contribution in [-0.4, -0.2) is 45.0 Å². The van der Waals surface area contributed by atoms with Crippen molar-refractivity contribution in [1.29, 1.82) is 0 Å². The molecule has 0 saturated carbocycles. The predicted molar refractivity (Wildman–Crippen MR) is 124 cm³/mol. The zero-order chi connectivity index (χ0) is 22.3. The third-order valence-corrected chi connectivity index (χ3v) is 5.71. The Balaban J connectivity index is 1.54. The van der Waals surface area contributed by atoms with Crippen LogP contribution in [-0.2, 0) is 11.3 Å². The molecule has 4 rings (SSSR count). The van der Waals surface area contributed by atoms with E-state index < -0.39 is 0 Å². The third kappa shape index (κ3) is 5.03. The molecule has 0 aliphatic carbocycles. The van der Waals surface area contributed by atoms with E-state index in [-0.39, 0.29) is 11.7 Å². The van der Waals surface area contributed by atoms with Crippen molar-refractivity contribution in [2.75, 3.05) is 19.4 Å². The number of hydrogen-bond acceptors (Lipinski definition) is 6. The van der Waals surface area contributed by atoms with Crippen molar-refractivity contribution in [1.82, 2.24) is 19.7 Å². The van der Waals surface area contributed by atoms with Crippen molar-refractivity contribution < 1.29 is 13.9 Å². The quantitative estimate of drug-likeness (QED) is 0.346. The van der Waals surface area contributed by atoms with Gasteiger partial charge in [-0.2, -0.15) is 0 Å². The second kappa shape index (κ2) is 10.2. The summed E-state index contributed by atoms with van der Waals surface area (Å²) >= 11 is 1.35. The van der Waals surface area contributed by atoms with Crippen LogP contribution in [0.15, 0.2) is 82.6 Å². The maximum absolute atomic E-state index is 12.7. The number of furan rings is 1. The second-order valence-electron chi connectivity index (χ2n) is 7.07. The van der Waals surface area contributed by atoms with Crippen LogP contribution >= 0.6 is 11.8 Å². The molecule has 4 aromatic rings. The average Bonchev–Trinajstić information content (AvgIpc) is 3.49. The van der Waals surface area contributed by atoms with Crippen LogP contribution in [0.3, 0.4) is 0 Å². The summed E-state index contributed by atoms with van der Waals surface area (Å²) in [6.45, 7) is 3.11. The van der Waals surface area contributed by atoms with E-state index in [9.17, 15) is 4.79 Å². The minimum absolute atomic E-state index is 0.0136. The summed E-state index contributed by atoms with van der Waals surface area (Å²) in [4.78, 5) is 14.4. The van der Waals surface area contributed by atoms with Crippen LogP contribution < -0.4 is 4.74 Å². The first-order valence-corrected chi connectivity index (χ1v) is 11.3. The molecule has 0 fully saturated rings. The molecule has 0 aliphatic rings. The standard InChI is InChI=1S/C24H24N4O3S/c1-3-30-20-13-11-19(12-14-20)28-23(21-10-7-15-31-21)25-26-24(28)32-17-22(29)27(2)16-18-8-5-4-6-9-18/h4-15H,3,16-17H2,1-2H3. The van der Waals surface area contributed by atoms with Crippen molar-refractivity contribution in [2.45, 2.75) is 18.6 Å². The number of ether oxygens (including phenoxy) is 1. The highest BCUT2D eigenvalue weighted by atomic mass is 32.2. The molecule has 1 amide bonds. The molecule has 0 bridgehead atoms. The van der Waals surface area contributed by atoms with Crippen LogP contribution in [0.2, 0.25) is 0 Å². The molecule has 0 N–H and O–H groups in total. The maximum atomic E-state index is 12.7. The number of rotatable bonds is 9. The summed E-state index contributed by atoms with van der Waals surface area (Å²) in [5.41, 5.74) is 1.95. The zero-order valence-corrected chi connectivity index (χ0v) is 18.8. The number of carbonyl (C=O) groups excluding carboxylic acids is 1. The normalized spacial score (nSPS) is 10.8. The van der Waals surface area contributed by atoms with Crippen molar-refractivity contribution in [3.05, 3.63) is 78.6 Å². The lowest BCUT2D eigenvalue weighted by Crippen LogP contribution is -2.27. The molecule has 2 aromatic heterocycles. The Hall–Kier alpha value is -3.52. The van der Waals surface area contributed by atoms with E-state index in [1.165, 1.54) is 11.8 Å². The fraction of sp³-hybridized carbons (Fsp3) is 0.208. The first-order valence-electron chi connectivity index (χ1n) is 10.3. The largest absolute Gasteiger partial charge is 0.494 e. The summed E-state index contributed by atoms with van der Waals surface area (Å²) < 4.78 is 13.0. The van der Waals surface area contributed by atoms with E-state index in [1.54, 1.807) is 24.3 Å². The van der Waals surface area contributed by atoms with Gasteiger partial charge in [0.2, 0.25) is 11.7 Å². The number of carbonyl (C=O) groups is 1. The van der Waals surface area contributed by atoms with Gasteiger partial charge in [0.1, 0.15) is 5.75 Å². The SMILES string of the molecule is CCOc1ccc(-n2c(SCC(=O)N(C)Cc3ccccc3)nnc2-c2ccco2)cc1. The van der Waals surface area contributed by atoms with E-state index in [0.29, 0.717) is 29.9 Å². The molecule has 0 unspecified atom stereocenters. The first-order chi connectivity index (χ1) is 15.7. The maximum Gasteiger partial charge on any atom is 0.233 e. The van der Waals surface area contributed by atoms with Crippen LogP contribution in [0.5, 0.6) is 5.75 Å². The first kappa shape index (κ1) is 21.7. The molecule has 2 heterocycles. The topological polar surface area (TPSA) is 73.4 Å². The third-order valence-electron chi connectivity index (χ3n) is 4.79. The Morgan fingerprint density at radius 3 is 2.53 bits per heavy atom. The fourth-order valence-corrected chi connectivity index (χ4v) is 4.09. The Morgan fingerprint density at radius 1 is 1.06 bits per heavy atom. The molecule has 0 radical (unpaired) electrons. The Kier molecular flexibility index (Phi) is 6.91. The van der Waals surface area contributed by atoms with Gasteiger partial charge in [-0.3, -0.25) is 9.36 Å². The smallest absolute Gasteiger partial charge is 0.233 e. The average molecular weight is 449 g/mol. The lowest BCUT2D eigenvalue weighted by atomic mass is 10.2. The molecular formula is C24H24N4O3S. The number of aromatic nitrogens is 3. The molecule has 7 nitrogen and oxygen atoms in total. The van der Waals surface area contributed by atoms with Crippen LogP contribution in [0.4, 0.5) is 0 Å². The molecule has 0 atom stereocenters.